The first kappa shape index (κ1) is 19.2. The summed E-state index contributed by atoms with van der Waals surface area (Å²) in [6.07, 6.45) is 0.103. The lowest BCUT2D eigenvalue weighted by Crippen LogP contribution is -2.27. The maximum atomic E-state index is 12.1. The van der Waals surface area contributed by atoms with E-state index in [1.54, 1.807) is 23.6 Å². The number of nitrogens with one attached hydrogen (secondary N) is 2. The molecule has 1 aromatic carbocycles. The Bertz CT molecular complexity index is 784. The molecule has 1 heterocycles. The average Bonchev–Trinajstić information content (AvgIpc) is 2.93. The molecule has 0 aliphatic rings. The largest absolute Gasteiger partial charge is 0.495 e. The zero-order valence-corrected chi connectivity index (χ0v) is 16.0. The molecular formula is C17H20ClN3O3S. The van der Waals surface area contributed by atoms with Crippen LogP contribution < -0.4 is 15.4 Å². The number of nitrogens with zero attached hydrogens (tertiary/aromatic N) is 1. The van der Waals surface area contributed by atoms with Gasteiger partial charge in [-0.3, -0.25) is 9.59 Å². The summed E-state index contributed by atoms with van der Waals surface area (Å²) in [6, 6.07) is 5.01. The summed E-state index contributed by atoms with van der Waals surface area (Å²) in [6.45, 7) is 5.47. The predicted octanol–water partition coefficient (Wildman–Crippen LogP) is 3.97. The van der Waals surface area contributed by atoms with Crippen LogP contribution in [0.4, 0.5) is 10.8 Å². The van der Waals surface area contributed by atoms with Crippen molar-refractivity contribution in [1.82, 2.24) is 4.98 Å². The van der Waals surface area contributed by atoms with E-state index in [1.165, 1.54) is 18.4 Å². The van der Waals surface area contributed by atoms with Crippen molar-refractivity contribution in [2.75, 3.05) is 17.7 Å². The summed E-state index contributed by atoms with van der Waals surface area (Å²) >= 11 is 7.32. The standard InChI is InChI=1S/C17H20ClN3O3S/c1-17(2,3)15(23)21-16-20-11(9-25-16)8-14(22)19-10-5-6-13(24-4)12(18)7-10/h5-7,9H,8H2,1-4H3,(H,19,22)(H,20,21,23). The summed E-state index contributed by atoms with van der Waals surface area (Å²) in [5, 5.41) is 8.15. The Labute approximate surface area is 155 Å². The molecule has 2 N–H and O–H groups in total. The number of carbonyl (C=O) groups is 2. The van der Waals surface area contributed by atoms with Gasteiger partial charge in [0.05, 0.1) is 24.2 Å². The second-order valence-electron chi connectivity index (χ2n) is 6.42. The van der Waals surface area contributed by atoms with Gasteiger partial charge in [-0.05, 0) is 18.2 Å². The van der Waals surface area contributed by atoms with Gasteiger partial charge in [-0.15, -0.1) is 11.3 Å². The van der Waals surface area contributed by atoms with Crippen molar-refractivity contribution >= 4 is 45.6 Å². The summed E-state index contributed by atoms with van der Waals surface area (Å²) < 4.78 is 5.07. The minimum Gasteiger partial charge on any atom is -0.495 e. The van der Waals surface area contributed by atoms with Crippen LogP contribution in [-0.2, 0) is 16.0 Å². The maximum absolute atomic E-state index is 12.1. The predicted molar refractivity (Wildman–Crippen MR) is 101 cm³/mol. The third-order valence-electron chi connectivity index (χ3n) is 3.23. The molecule has 0 saturated heterocycles. The third kappa shape index (κ3) is 5.44. The minimum absolute atomic E-state index is 0.103. The van der Waals surface area contributed by atoms with E-state index < -0.39 is 5.41 Å². The fourth-order valence-electron chi connectivity index (χ4n) is 1.84. The Balaban J connectivity index is 1.95. The smallest absolute Gasteiger partial charge is 0.231 e. The fourth-order valence-corrected chi connectivity index (χ4v) is 2.81. The van der Waals surface area contributed by atoms with E-state index in [-0.39, 0.29) is 18.2 Å². The van der Waals surface area contributed by atoms with Crippen LogP contribution in [0, 0.1) is 5.41 Å². The molecule has 0 fully saturated rings. The highest BCUT2D eigenvalue weighted by Gasteiger charge is 2.22. The number of benzene rings is 1. The van der Waals surface area contributed by atoms with Crippen LogP contribution in [0.2, 0.25) is 5.02 Å². The molecule has 2 aromatic rings. The number of anilines is 2. The van der Waals surface area contributed by atoms with Crippen molar-refractivity contribution in [2.24, 2.45) is 5.41 Å². The lowest BCUT2D eigenvalue weighted by molar-refractivity contribution is -0.123. The number of methoxy groups -OCH3 is 1. The summed E-state index contributed by atoms with van der Waals surface area (Å²) in [5.41, 5.74) is 0.662. The van der Waals surface area contributed by atoms with Crippen molar-refractivity contribution in [3.63, 3.8) is 0 Å². The Morgan fingerprint density at radius 3 is 2.60 bits per heavy atom. The first-order valence-corrected chi connectivity index (χ1v) is 8.84. The number of rotatable bonds is 5. The van der Waals surface area contributed by atoms with Gasteiger partial charge >= 0.3 is 0 Å². The number of hydrogen-bond donors (Lipinski definition) is 2. The number of carbonyl (C=O) groups excluding carboxylic acids is 2. The quantitative estimate of drug-likeness (QED) is 0.821. The molecule has 134 valence electrons. The molecule has 8 heteroatoms. The van der Waals surface area contributed by atoms with Gasteiger partial charge in [-0.1, -0.05) is 32.4 Å². The van der Waals surface area contributed by atoms with E-state index in [0.29, 0.717) is 27.3 Å². The van der Waals surface area contributed by atoms with Crippen LogP contribution in [0.1, 0.15) is 26.5 Å². The van der Waals surface area contributed by atoms with Crippen LogP contribution in [-0.4, -0.2) is 23.9 Å². The van der Waals surface area contributed by atoms with E-state index in [1.807, 2.05) is 20.8 Å². The zero-order chi connectivity index (χ0) is 18.6. The molecule has 0 atom stereocenters. The zero-order valence-electron chi connectivity index (χ0n) is 14.5. The normalized spacial score (nSPS) is 11.1. The summed E-state index contributed by atoms with van der Waals surface area (Å²) in [5.74, 6) is 0.198. The first-order valence-electron chi connectivity index (χ1n) is 7.58. The van der Waals surface area contributed by atoms with Gasteiger partial charge in [0.1, 0.15) is 5.75 Å². The highest BCUT2D eigenvalue weighted by atomic mass is 35.5. The number of hydrogen-bond acceptors (Lipinski definition) is 5. The molecule has 0 saturated carbocycles. The molecular weight excluding hydrogens is 362 g/mol. The molecule has 1 aromatic heterocycles. The first-order chi connectivity index (χ1) is 11.7. The van der Waals surface area contributed by atoms with Gasteiger partial charge in [0, 0.05) is 16.5 Å². The van der Waals surface area contributed by atoms with Gasteiger partial charge in [0.15, 0.2) is 5.13 Å². The van der Waals surface area contributed by atoms with Crippen molar-refractivity contribution in [3.05, 3.63) is 34.3 Å². The van der Waals surface area contributed by atoms with E-state index in [4.69, 9.17) is 16.3 Å². The van der Waals surface area contributed by atoms with Gasteiger partial charge in [-0.2, -0.15) is 0 Å². The van der Waals surface area contributed by atoms with Crippen molar-refractivity contribution in [2.45, 2.75) is 27.2 Å². The molecule has 25 heavy (non-hydrogen) atoms. The van der Waals surface area contributed by atoms with E-state index in [0.717, 1.165) is 0 Å². The summed E-state index contributed by atoms with van der Waals surface area (Å²) in [4.78, 5) is 28.3. The topological polar surface area (TPSA) is 80.3 Å². The monoisotopic (exact) mass is 381 g/mol. The van der Waals surface area contributed by atoms with Crippen LogP contribution >= 0.6 is 22.9 Å². The van der Waals surface area contributed by atoms with Gasteiger partial charge in [-0.25, -0.2) is 4.98 Å². The van der Waals surface area contributed by atoms with Gasteiger partial charge in [0.2, 0.25) is 11.8 Å². The Morgan fingerprint density at radius 2 is 2.00 bits per heavy atom. The average molecular weight is 382 g/mol. The maximum Gasteiger partial charge on any atom is 0.231 e. The van der Waals surface area contributed by atoms with Crippen LogP contribution in [0.3, 0.4) is 0 Å². The molecule has 6 nitrogen and oxygen atoms in total. The SMILES string of the molecule is COc1ccc(NC(=O)Cc2csc(NC(=O)C(C)(C)C)n2)cc1Cl. The van der Waals surface area contributed by atoms with Crippen LogP contribution in [0.25, 0.3) is 0 Å². The van der Waals surface area contributed by atoms with E-state index >= 15 is 0 Å². The number of aromatic nitrogens is 1. The van der Waals surface area contributed by atoms with Crippen LogP contribution in [0.5, 0.6) is 5.75 Å². The second-order valence-corrected chi connectivity index (χ2v) is 7.69. The van der Waals surface area contributed by atoms with Crippen molar-refractivity contribution < 1.29 is 14.3 Å². The molecule has 0 bridgehead atoms. The van der Waals surface area contributed by atoms with Gasteiger partial charge in [0.25, 0.3) is 0 Å². The fraction of sp³-hybridized carbons (Fsp3) is 0.353. The molecule has 0 spiro atoms. The van der Waals surface area contributed by atoms with Crippen molar-refractivity contribution in [1.29, 1.82) is 0 Å². The molecule has 0 unspecified atom stereocenters. The molecule has 0 aliphatic heterocycles. The van der Waals surface area contributed by atoms with E-state index in [2.05, 4.69) is 15.6 Å². The molecule has 0 aliphatic carbocycles. The Kier molecular flexibility index (Phi) is 6.02. The number of thiazole rings is 1. The second kappa shape index (κ2) is 7.84. The molecule has 0 radical (unpaired) electrons. The molecule has 2 amide bonds. The highest BCUT2D eigenvalue weighted by Crippen LogP contribution is 2.27. The Morgan fingerprint density at radius 1 is 1.28 bits per heavy atom. The number of halogens is 1. The number of ether oxygens (including phenoxy) is 1. The van der Waals surface area contributed by atoms with Crippen molar-refractivity contribution in [3.8, 4) is 5.75 Å². The number of amides is 2. The van der Waals surface area contributed by atoms with E-state index in [9.17, 15) is 9.59 Å². The lowest BCUT2D eigenvalue weighted by atomic mass is 9.96. The third-order valence-corrected chi connectivity index (χ3v) is 4.33. The lowest BCUT2D eigenvalue weighted by Gasteiger charge is -2.15. The van der Waals surface area contributed by atoms with Crippen LogP contribution in [0.15, 0.2) is 23.6 Å². The summed E-state index contributed by atoms with van der Waals surface area (Å²) in [7, 11) is 1.53. The molecule has 2 rings (SSSR count). The van der Waals surface area contributed by atoms with Gasteiger partial charge < -0.3 is 15.4 Å². The highest BCUT2D eigenvalue weighted by molar-refractivity contribution is 7.13. The Hall–Kier alpha value is -2.12. The minimum atomic E-state index is -0.503.